The molecule has 0 bridgehead atoms. The van der Waals surface area contributed by atoms with Gasteiger partial charge in [-0.1, -0.05) is 18.6 Å². The van der Waals surface area contributed by atoms with E-state index in [-0.39, 0.29) is 5.60 Å². The molecule has 16 heavy (non-hydrogen) atoms. The third-order valence-electron chi connectivity index (χ3n) is 4.34. The highest BCUT2D eigenvalue weighted by atomic mass is 16.5. The second kappa shape index (κ2) is 3.49. The molecule has 3 rings (SSSR count). The van der Waals surface area contributed by atoms with Gasteiger partial charge in [0.25, 0.3) is 0 Å². The minimum atomic E-state index is -0.382. The summed E-state index contributed by atoms with van der Waals surface area (Å²) >= 11 is 0. The first-order chi connectivity index (χ1) is 7.74. The van der Waals surface area contributed by atoms with Crippen LogP contribution in [0.5, 0.6) is 5.75 Å². The van der Waals surface area contributed by atoms with Gasteiger partial charge >= 0.3 is 0 Å². The van der Waals surface area contributed by atoms with E-state index in [9.17, 15) is 5.11 Å². The van der Waals surface area contributed by atoms with Crippen LogP contribution >= 0.6 is 0 Å². The van der Waals surface area contributed by atoms with E-state index in [0.29, 0.717) is 11.8 Å². The molecule has 0 aliphatic heterocycles. The highest BCUT2D eigenvalue weighted by Crippen LogP contribution is 2.61. The fraction of sp³-hybridized carbons (Fsp3) is 0.571. The maximum absolute atomic E-state index is 10.5. The Morgan fingerprint density at radius 1 is 1.25 bits per heavy atom. The van der Waals surface area contributed by atoms with Crippen LogP contribution in [0.1, 0.15) is 24.8 Å². The van der Waals surface area contributed by atoms with Crippen molar-refractivity contribution in [3.63, 3.8) is 0 Å². The predicted octanol–water partition coefficient (Wildman–Crippen LogP) is 2.40. The summed E-state index contributed by atoms with van der Waals surface area (Å²) in [6.45, 7) is 0. The first-order valence-corrected chi connectivity index (χ1v) is 6.09. The summed E-state index contributed by atoms with van der Waals surface area (Å²) in [5, 5.41) is 10.5. The molecule has 86 valence electrons. The molecule has 0 spiro atoms. The number of aliphatic hydroxyl groups is 1. The summed E-state index contributed by atoms with van der Waals surface area (Å²) in [6, 6.07) is 8.06. The average Bonchev–Trinajstić information content (AvgIpc) is 2.73. The summed E-state index contributed by atoms with van der Waals surface area (Å²) in [7, 11) is 1.67. The molecule has 2 aliphatic rings. The predicted molar refractivity (Wildman–Crippen MR) is 62.5 cm³/mol. The van der Waals surface area contributed by atoms with Crippen molar-refractivity contribution in [2.45, 2.75) is 31.3 Å². The molecule has 2 unspecified atom stereocenters. The average molecular weight is 218 g/mol. The van der Waals surface area contributed by atoms with Crippen molar-refractivity contribution in [1.29, 1.82) is 0 Å². The molecule has 0 aromatic heterocycles. The molecular formula is C14H18O2. The SMILES string of the molecule is COc1ccc(CC2(O)C3CCCC32)cc1. The van der Waals surface area contributed by atoms with Gasteiger partial charge in [-0.25, -0.2) is 0 Å². The lowest BCUT2D eigenvalue weighted by Crippen LogP contribution is -2.19. The van der Waals surface area contributed by atoms with Crippen LogP contribution in [-0.2, 0) is 6.42 Å². The second-order valence-electron chi connectivity index (χ2n) is 5.16. The normalized spacial score (nSPS) is 35.9. The molecule has 2 saturated carbocycles. The first-order valence-electron chi connectivity index (χ1n) is 6.09. The number of rotatable bonds is 3. The minimum Gasteiger partial charge on any atom is -0.497 e. The Morgan fingerprint density at radius 2 is 1.88 bits per heavy atom. The van der Waals surface area contributed by atoms with Gasteiger partial charge in [-0.15, -0.1) is 0 Å². The molecular weight excluding hydrogens is 200 g/mol. The van der Waals surface area contributed by atoms with Gasteiger partial charge in [0, 0.05) is 6.42 Å². The molecule has 1 aromatic carbocycles. The van der Waals surface area contributed by atoms with Gasteiger partial charge in [0.1, 0.15) is 5.75 Å². The zero-order valence-corrected chi connectivity index (χ0v) is 9.65. The third-order valence-corrected chi connectivity index (χ3v) is 4.34. The van der Waals surface area contributed by atoms with E-state index in [2.05, 4.69) is 12.1 Å². The Balaban J connectivity index is 1.70. The monoisotopic (exact) mass is 218 g/mol. The van der Waals surface area contributed by atoms with Crippen molar-refractivity contribution in [2.75, 3.05) is 7.11 Å². The fourth-order valence-electron chi connectivity index (χ4n) is 3.38. The first kappa shape index (κ1) is 10.2. The van der Waals surface area contributed by atoms with E-state index in [1.54, 1.807) is 7.11 Å². The number of fused-ring (bicyclic) bond motifs is 1. The standard InChI is InChI=1S/C14H18O2/c1-16-11-7-5-10(6-8-11)9-14(15)12-3-2-4-13(12)14/h5-8,12-13,15H,2-4,9H2,1H3. The zero-order chi connectivity index (χ0) is 11.2. The number of benzene rings is 1. The zero-order valence-electron chi connectivity index (χ0n) is 9.65. The number of ether oxygens (including phenoxy) is 1. The highest BCUT2D eigenvalue weighted by molar-refractivity contribution is 5.30. The highest BCUT2D eigenvalue weighted by Gasteiger charge is 2.64. The van der Waals surface area contributed by atoms with Crippen LogP contribution in [0.3, 0.4) is 0 Å². The Labute approximate surface area is 96.2 Å². The Kier molecular flexibility index (Phi) is 2.21. The van der Waals surface area contributed by atoms with Crippen LogP contribution in [0, 0.1) is 11.8 Å². The van der Waals surface area contributed by atoms with Crippen LogP contribution < -0.4 is 4.74 Å². The number of methoxy groups -OCH3 is 1. The van der Waals surface area contributed by atoms with Gasteiger partial charge < -0.3 is 9.84 Å². The van der Waals surface area contributed by atoms with Gasteiger partial charge in [-0.3, -0.25) is 0 Å². The summed E-state index contributed by atoms with van der Waals surface area (Å²) < 4.78 is 5.13. The Hall–Kier alpha value is -1.02. The molecule has 2 fully saturated rings. The summed E-state index contributed by atoms with van der Waals surface area (Å²) in [6.07, 6.45) is 4.56. The topological polar surface area (TPSA) is 29.5 Å². The van der Waals surface area contributed by atoms with Crippen LogP contribution in [0.15, 0.2) is 24.3 Å². The van der Waals surface area contributed by atoms with E-state index in [0.717, 1.165) is 12.2 Å². The maximum Gasteiger partial charge on any atom is 0.118 e. The molecule has 0 radical (unpaired) electrons. The molecule has 0 heterocycles. The van der Waals surface area contributed by atoms with Crippen molar-refractivity contribution >= 4 is 0 Å². The van der Waals surface area contributed by atoms with Crippen LogP contribution in [0.2, 0.25) is 0 Å². The quantitative estimate of drug-likeness (QED) is 0.844. The lowest BCUT2D eigenvalue weighted by atomic mass is 9.99. The number of hydrogen-bond acceptors (Lipinski definition) is 2. The molecule has 1 aromatic rings. The maximum atomic E-state index is 10.5. The van der Waals surface area contributed by atoms with Crippen molar-refractivity contribution in [3.05, 3.63) is 29.8 Å². The second-order valence-corrected chi connectivity index (χ2v) is 5.16. The number of hydrogen-bond donors (Lipinski definition) is 1. The van der Waals surface area contributed by atoms with Crippen molar-refractivity contribution in [2.24, 2.45) is 11.8 Å². The smallest absolute Gasteiger partial charge is 0.118 e. The van der Waals surface area contributed by atoms with E-state index >= 15 is 0 Å². The largest absolute Gasteiger partial charge is 0.497 e. The van der Waals surface area contributed by atoms with Gasteiger partial charge in [-0.05, 0) is 42.4 Å². The molecule has 2 nitrogen and oxygen atoms in total. The lowest BCUT2D eigenvalue weighted by molar-refractivity contribution is 0.107. The molecule has 2 aliphatic carbocycles. The van der Waals surface area contributed by atoms with E-state index in [1.807, 2.05) is 12.1 Å². The summed E-state index contributed by atoms with van der Waals surface area (Å²) in [5.74, 6) is 2.04. The van der Waals surface area contributed by atoms with E-state index < -0.39 is 0 Å². The lowest BCUT2D eigenvalue weighted by Gasteiger charge is -2.14. The van der Waals surface area contributed by atoms with Crippen molar-refractivity contribution in [1.82, 2.24) is 0 Å². The molecule has 1 N–H and O–H groups in total. The minimum absolute atomic E-state index is 0.382. The third kappa shape index (κ3) is 1.44. The van der Waals surface area contributed by atoms with Crippen LogP contribution in [0.4, 0.5) is 0 Å². The van der Waals surface area contributed by atoms with Crippen molar-refractivity contribution in [3.8, 4) is 5.75 Å². The van der Waals surface area contributed by atoms with Gasteiger partial charge in [-0.2, -0.15) is 0 Å². The van der Waals surface area contributed by atoms with E-state index in [1.165, 1.54) is 24.8 Å². The van der Waals surface area contributed by atoms with Gasteiger partial charge in [0.05, 0.1) is 12.7 Å². The molecule has 0 amide bonds. The van der Waals surface area contributed by atoms with E-state index in [4.69, 9.17) is 4.74 Å². The summed E-state index contributed by atoms with van der Waals surface area (Å²) in [5.41, 5.74) is 0.838. The molecule has 0 saturated heterocycles. The molecule has 2 heteroatoms. The Morgan fingerprint density at radius 3 is 2.44 bits per heavy atom. The molecule has 2 atom stereocenters. The summed E-state index contributed by atoms with van der Waals surface area (Å²) in [4.78, 5) is 0. The Bertz CT molecular complexity index is 372. The van der Waals surface area contributed by atoms with Gasteiger partial charge in [0.2, 0.25) is 0 Å². The van der Waals surface area contributed by atoms with Crippen LogP contribution in [0.25, 0.3) is 0 Å². The van der Waals surface area contributed by atoms with Crippen LogP contribution in [-0.4, -0.2) is 17.8 Å². The van der Waals surface area contributed by atoms with Crippen molar-refractivity contribution < 1.29 is 9.84 Å². The fourth-order valence-corrected chi connectivity index (χ4v) is 3.38. The van der Waals surface area contributed by atoms with Gasteiger partial charge in [0.15, 0.2) is 0 Å².